The maximum absolute atomic E-state index is 12.5. The highest BCUT2D eigenvalue weighted by Crippen LogP contribution is 2.22. The molecule has 0 aliphatic carbocycles. The summed E-state index contributed by atoms with van der Waals surface area (Å²) in [5.41, 5.74) is 1.52. The number of carbonyl (C=O) groups excluding carboxylic acids is 2. The van der Waals surface area contributed by atoms with Crippen LogP contribution in [0, 0.1) is 6.92 Å². The number of aryl methyl sites for hydroxylation is 1. The molecule has 164 valence electrons. The summed E-state index contributed by atoms with van der Waals surface area (Å²) >= 11 is 0. The molecule has 1 N–H and O–H groups in total. The summed E-state index contributed by atoms with van der Waals surface area (Å²) in [5.74, 6) is 1.45. The second-order valence-corrected chi connectivity index (χ2v) is 8.13. The van der Waals surface area contributed by atoms with Gasteiger partial charge in [0, 0.05) is 56.6 Å². The number of hydrogen-bond acceptors (Lipinski definition) is 6. The van der Waals surface area contributed by atoms with Crippen LogP contribution in [0.25, 0.3) is 0 Å². The smallest absolute Gasteiger partial charge is 0.251 e. The van der Waals surface area contributed by atoms with Crippen molar-refractivity contribution in [2.45, 2.75) is 26.2 Å². The van der Waals surface area contributed by atoms with E-state index >= 15 is 0 Å². The maximum atomic E-state index is 12.5. The van der Waals surface area contributed by atoms with E-state index in [4.69, 9.17) is 4.98 Å². The second-order valence-electron chi connectivity index (χ2n) is 8.13. The molecule has 1 aromatic carbocycles. The van der Waals surface area contributed by atoms with E-state index in [1.165, 1.54) is 19.3 Å². The van der Waals surface area contributed by atoms with Gasteiger partial charge in [0.1, 0.15) is 5.82 Å². The van der Waals surface area contributed by atoms with Gasteiger partial charge >= 0.3 is 0 Å². The summed E-state index contributed by atoms with van der Waals surface area (Å²) in [6.45, 7) is 6.66. The molecule has 2 fully saturated rings. The molecular weight excluding hydrogens is 392 g/mol. The Kier molecular flexibility index (Phi) is 6.64. The van der Waals surface area contributed by atoms with Gasteiger partial charge in [-0.3, -0.25) is 9.59 Å². The van der Waals surface area contributed by atoms with Crippen LogP contribution in [-0.4, -0.2) is 72.5 Å². The Morgan fingerprint density at radius 3 is 2.32 bits per heavy atom. The van der Waals surface area contributed by atoms with Crippen LogP contribution in [0.1, 0.15) is 35.3 Å². The first-order valence-electron chi connectivity index (χ1n) is 11.1. The van der Waals surface area contributed by atoms with E-state index in [-0.39, 0.29) is 18.4 Å². The minimum atomic E-state index is -0.231. The lowest BCUT2D eigenvalue weighted by Crippen LogP contribution is -2.51. The van der Waals surface area contributed by atoms with Gasteiger partial charge in [0.15, 0.2) is 0 Å². The normalized spacial score (nSPS) is 16.9. The molecule has 2 aliphatic rings. The van der Waals surface area contributed by atoms with Gasteiger partial charge in [-0.1, -0.05) is 18.2 Å². The van der Waals surface area contributed by atoms with E-state index in [0.29, 0.717) is 31.7 Å². The largest absolute Gasteiger partial charge is 0.356 e. The Labute approximate surface area is 183 Å². The molecule has 0 unspecified atom stereocenters. The molecule has 2 amide bonds. The van der Waals surface area contributed by atoms with Crippen molar-refractivity contribution in [2.24, 2.45) is 0 Å². The zero-order valence-electron chi connectivity index (χ0n) is 18.1. The fourth-order valence-corrected chi connectivity index (χ4v) is 4.08. The topological polar surface area (TPSA) is 81.7 Å². The SMILES string of the molecule is Cc1cc(N2CCCCC2)nc(N2CCN(C(=O)CNC(=O)c3ccccc3)CC2)n1. The van der Waals surface area contributed by atoms with Gasteiger partial charge in [0.25, 0.3) is 5.91 Å². The summed E-state index contributed by atoms with van der Waals surface area (Å²) in [5, 5.41) is 2.72. The Bertz CT molecular complexity index is 906. The van der Waals surface area contributed by atoms with Crippen molar-refractivity contribution in [1.29, 1.82) is 0 Å². The van der Waals surface area contributed by atoms with E-state index in [9.17, 15) is 9.59 Å². The van der Waals surface area contributed by atoms with Gasteiger partial charge in [-0.05, 0) is 38.3 Å². The minimum absolute atomic E-state index is 0.00772. The predicted octanol–water partition coefficient (Wildman–Crippen LogP) is 1.85. The third kappa shape index (κ3) is 5.31. The number of rotatable bonds is 5. The van der Waals surface area contributed by atoms with Crippen molar-refractivity contribution < 1.29 is 9.59 Å². The molecule has 8 heteroatoms. The number of amides is 2. The lowest BCUT2D eigenvalue weighted by atomic mass is 10.1. The van der Waals surface area contributed by atoms with Crippen molar-refractivity contribution >= 4 is 23.6 Å². The van der Waals surface area contributed by atoms with Gasteiger partial charge in [0.05, 0.1) is 6.54 Å². The molecule has 4 rings (SSSR count). The van der Waals surface area contributed by atoms with Gasteiger partial charge in [-0.2, -0.15) is 4.98 Å². The molecule has 2 saturated heterocycles. The number of nitrogens with zero attached hydrogens (tertiary/aromatic N) is 5. The molecular formula is C23H30N6O2. The number of piperidine rings is 1. The summed E-state index contributed by atoms with van der Waals surface area (Å²) in [6.07, 6.45) is 3.70. The molecule has 31 heavy (non-hydrogen) atoms. The molecule has 0 radical (unpaired) electrons. The molecule has 1 aromatic heterocycles. The van der Waals surface area contributed by atoms with Gasteiger partial charge in [0.2, 0.25) is 11.9 Å². The summed E-state index contributed by atoms with van der Waals surface area (Å²) < 4.78 is 0. The Balaban J connectivity index is 1.30. The van der Waals surface area contributed by atoms with Crippen LogP contribution in [0.3, 0.4) is 0 Å². The number of anilines is 2. The van der Waals surface area contributed by atoms with Crippen molar-refractivity contribution in [3.8, 4) is 0 Å². The summed E-state index contributed by atoms with van der Waals surface area (Å²) in [6, 6.07) is 11.0. The second kappa shape index (κ2) is 9.76. The van der Waals surface area contributed by atoms with Crippen LogP contribution < -0.4 is 15.1 Å². The van der Waals surface area contributed by atoms with E-state index in [2.05, 4.69) is 26.2 Å². The Hall–Kier alpha value is -3.16. The van der Waals surface area contributed by atoms with E-state index in [1.807, 2.05) is 13.0 Å². The van der Waals surface area contributed by atoms with Crippen LogP contribution in [0.15, 0.2) is 36.4 Å². The molecule has 0 atom stereocenters. The third-order valence-corrected chi connectivity index (χ3v) is 5.86. The van der Waals surface area contributed by atoms with Gasteiger partial charge in [-0.25, -0.2) is 4.98 Å². The highest BCUT2D eigenvalue weighted by Gasteiger charge is 2.24. The lowest BCUT2D eigenvalue weighted by Gasteiger charge is -2.35. The van der Waals surface area contributed by atoms with Gasteiger partial charge < -0.3 is 20.0 Å². The first-order valence-corrected chi connectivity index (χ1v) is 11.1. The highest BCUT2D eigenvalue weighted by atomic mass is 16.2. The fraction of sp³-hybridized carbons (Fsp3) is 0.478. The van der Waals surface area contributed by atoms with Crippen molar-refractivity contribution in [3.63, 3.8) is 0 Å². The summed E-state index contributed by atoms with van der Waals surface area (Å²) in [7, 11) is 0. The number of hydrogen-bond donors (Lipinski definition) is 1. The van der Waals surface area contributed by atoms with Crippen LogP contribution >= 0.6 is 0 Å². The number of nitrogens with one attached hydrogen (secondary N) is 1. The van der Waals surface area contributed by atoms with Gasteiger partial charge in [-0.15, -0.1) is 0 Å². The number of carbonyl (C=O) groups is 2. The molecule has 3 heterocycles. The van der Waals surface area contributed by atoms with E-state index in [0.717, 1.165) is 30.5 Å². The van der Waals surface area contributed by atoms with Crippen LogP contribution in [-0.2, 0) is 4.79 Å². The van der Waals surface area contributed by atoms with E-state index < -0.39 is 0 Å². The average Bonchev–Trinajstić information content (AvgIpc) is 2.83. The van der Waals surface area contributed by atoms with Crippen LogP contribution in [0.4, 0.5) is 11.8 Å². The highest BCUT2D eigenvalue weighted by molar-refractivity contribution is 5.96. The third-order valence-electron chi connectivity index (χ3n) is 5.86. The lowest BCUT2D eigenvalue weighted by molar-refractivity contribution is -0.130. The monoisotopic (exact) mass is 422 g/mol. The number of aromatic nitrogens is 2. The van der Waals surface area contributed by atoms with Crippen molar-refractivity contribution in [3.05, 3.63) is 47.7 Å². The number of benzene rings is 1. The summed E-state index contributed by atoms with van der Waals surface area (Å²) in [4.78, 5) is 40.5. The molecule has 2 aliphatic heterocycles. The van der Waals surface area contributed by atoms with Crippen molar-refractivity contribution in [1.82, 2.24) is 20.2 Å². The predicted molar refractivity (Wildman–Crippen MR) is 120 cm³/mol. The molecule has 8 nitrogen and oxygen atoms in total. The standard InChI is InChI=1S/C23H30N6O2/c1-18-16-20(27-10-6-3-7-11-27)26-23(25-18)29-14-12-28(13-15-29)21(30)17-24-22(31)19-8-4-2-5-9-19/h2,4-5,8-9,16H,3,6-7,10-15,17H2,1H3,(H,24,31). The Morgan fingerprint density at radius 2 is 1.61 bits per heavy atom. The first-order chi connectivity index (χ1) is 15.1. The van der Waals surface area contributed by atoms with Crippen LogP contribution in [0.5, 0.6) is 0 Å². The zero-order chi connectivity index (χ0) is 21.6. The molecule has 2 aromatic rings. The maximum Gasteiger partial charge on any atom is 0.251 e. The van der Waals surface area contributed by atoms with E-state index in [1.54, 1.807) is 29.2 Å². The zero-order valence-corrected chi connectivity index (χ0v) is 18.1. The Morgan fingerprint density at radius 1 is 0.903 bits per heavy atom. The van der Waals surface area contributed by atoms with Crippen LogP contribution in [0.2, 0.25) is 0 Å². The molecule has 0 saturated carbocycles. The quantitative estimate of drug-likeness (QED) is 0.792. The average molecular weight is 423 g/mol. The fourth-order valence-electron chi connectivity index (χ4n) is 4.08. The molecule has 0 spiro atoms. The number of piperazine rings is 1. The van der Waals surface area contributed by atoms with Crippen molar-refractivity contribution in [2.75, 3.05) is 55.6 Å². The molecule has 0 bridgehead atoms. The first kappa shape index (κ1) is 21.1. The minimum Gasteiger partial charge on any atom is -0.356 e.